The maximum Gasteiger partial charge on any atom is 0.316 e. The van der Waals surface area contributed by atoms with Crippen molar-refractivity contribution in [3.8, 4) is 0 Å². The fraction of sp³-hybridized carbons (Fsp3) is 0.765. The number of carbonyl (C=O) groups is 6. The Kier molecular flexibility index (Phi) is 19.2. The molecule has 0 aromatic heterocycles. The molecule has 2 fully saturated rings. The van der Waals surface area contributed by atoms with Crippen molar-refractivity contribution in [2.45, 2.75) is 138 Å². The molecule has 1 saturated heterocycles. The Balaban J connectivity index is 0.00000364. The Morgan fingerprint density at radius 3 is 1.98 bits per heavy atom. The van der Waals surface area contributed by atoms with Gasteiger partial charge in [-0.3, -0.25) is 24.0 Å². The van der Waals surface area contributed by atoms with E-state index in [9.17, 15) is 28.8 Å². The number of carbonyl (C=O) groups excluding carboxylic acids is 6. The van der Waals surface area contributed by atoms with Crippen molar-refractivity contribution in [1.29, 1.82) is 0 Å². The number of urea groups is 1. The van der Waals surface area contributed by atoms with Gasteiger partial charge < -0.3 is 26.2 Å². The Hall–Kier alpha value is -3.24. The van der Waals surface area contributed by atoms with E-state index in [0.29, 0.717) is 25.8 Å². The summed E-state index contributed by atoms with van der Waals surface area (Å²) >= 11 is 0. The van der Waals surface area contributed by atoms with Gasteiger partial charge in [0.05, 0.1) is 12.1 Å². The van der Waals surface area contributed by atoms with Crippen LogP contribution >= 0.6 is 0 Å². The average molecular weight is 636 g/mol. The van der Waals surface area contributed by atoms with Crippen LogP contribution in [0.2, 0.25) is 0 Å². The van der Waals surface area contributed by atoms with E-state index in [2.05, 4.69) is 41.7 Å². The summed E-state index contributed by atoms with van der Waals surface area (Å²) < 4.78 is 0. The number of rotatable bonds is 14. The van der Waals surface area contributed by atoms with Crippen molar-refractivity contribution < 1.29 is 28.8 Å². The van der Waals surface area contributed by atoms with E-state index in [1.165, 1.54) is 17.4 Å². The summed E-state index contributed by atoms with van der Waals surface area (Å²) in [6.07, 6.45) is 6.16. The number of ketones is 2. The Morgan fingerprint density at radius 1 is 0.933 bits per heavy atom. The number of nitrogens with one attached hydrogen (secondary N) is 4. The normalized spacial score (nSPS) is 17.7. The van der Waals surface area contributed by atoms with Crippen LogP contribution in [0, 0.1) is 17.3 Å². The molecule has 0 spiro atoms. The topological polar surface area (TPSA) is 154 Å². The Bertz CT molecular complexity index is 1000. The highest BCUT2D eigenvalue weighted by Crippen LogP contribution is 2.32. The summed E-state index contributed by atoms with van der Waals surface area (Å²) in [5.74, 6) is -2.60. The van der Waals surface area contributed by atoms with E-state index in [4.69, 9.17) is 0 Å². The lowest BCUT2D eigenvalue weighted by Crippen LogP contribution is -2.61. The van der Waals surface area contributed by atoms with Crippen molar-refractivity contribution in [1.82, 2.24) is 26.2 Å². The van der Waals surface area contributed by atoms with Gasteiger partial charge in [0.25, 0.3) is 5.91 Å². The Morgan fingerprint density at radius 2 is 1.51 bits per heavy atom. The van der Waals surface area contributed by atoms with E-state index in [-0.39, 0.29) is 30.6 Å². The van der Waals surface area contributed by atoms with Gasteiger partial charge >= 0.3 is 6.03 Å². The van der Waals surface area contributed by atoms with Gasteiger partial charge in [-0.05, 0) is 43.4 Å². The van der Waals surface area contributed by atoms with Gasteiger partial charge in [0.2, 0.25) is 17.6 Å². The molecule has 3 unspecified atom stereocenters. The lowest BCUT2D eigenvalue weighted by molar-refractivity contribution is -0.143. The molecular weight excluding hydrogens is 574 g/mol. The number of hydrogen-bond acceptors (Lipinski definition) is 6. The van der Waals surface area contributed by atoms with Crippen LogP contribution in [0.4, 0.5) is 4.79 Å². The van der Waals surface area contributed by atoms with Crippen LogP contribution in [0.5, 0.6) is 0 Å². The highest BCUT2D eigenvalue weighted by atomic mass is 16.2. The SMILES string of the molecule is C=CCNC(=O)C(=O)C(CCC)NC(=O)[C@@H]1CCCN1C(=O)C(NC(=O)NC(C(=O)C1CC1)C(C)C)C(C)(C)C.CC.CCC. The van der Waals surface area contributed by atoms with Crippen LogP contribution in [0.1, 0.15) is 114 Å². The zero-order valence-corrected chi connectivity index (χ0v) is 29.5. The molecule has 2 rings (SSSR count). The van der Waals surface area contributed by atoms with Gasteiger partial charge in [-0.15, -0.1) is 6.58 Å². The lowest BCUT2D eigenvalue weighted by Gasteiger charge is -2.36. The van der Waals surface area contributed by atoms with E-state index < -0.39 is 59.1 Å². The minimum absolute atomic E-state index is 0.00872. The third kappa shape index (κ3) is 13.7. The molecule has 1 aliphatic carbocycles. The predicted molar refractivity (Wildman–Crippen MR) is 178 cm³/mol. The van der Waals surface area contributed by atoms with Crippen molar-refractivity contribution in [3.63, 3.8) is 0 Å². The van der Waals surface area contributed by atoms with Crippen molar-refractivity contribution >= 4 is 35.3 Å². The van der Waals surface area contributed by atoms with Crippen LogP contribution < -0.4 is 21.3 Å². The third-order valence-corrected chi connectivity index (χ3v) is 7.31. The number of hydrogen-bond donors (Lipinski definition) is 4. The molecule has 45 heavy (non-hydrogen) atoms. The van der Waals surface area contributed by atoms with Crippen LogP contribution in [0.15, 0.2) is 12.7 Å². The molecule has 258 valence electrons. The number of nitrogens with zero attached hydrogens (tertiary/aromatic N) is 1. The molecule has 1 heterocycles. The number of amides is 5. The van der Waals surface area contributed by atoms with Crippen LogP contribution in [0.3, 0.4) is 0 Å². The van der Waals surface area contributed by atoms with E-state index in [0.717, 1.165) is 12.8 Å². The number of likely N-dealkylation sites (tertiary alicyclic amines) is 1. The molecular formula is C34H61N5O6. The summed E-state index contributed by atoms with van der Waals surface area (Å²) in [5, 5.41) is 10.7. The van der Waals surface area contributed by atoms with Gasteiger partial charge in [0.1, 0.15) is 12.1 Å². The standard InChI is InChI=1S/C29H47N5O6.C3H8.C2H6/c1-8-11-19(23(36)26(38)30-15-9-2)31-25(37)20-12-10-16-34(20)27(39)24(29(5,6)7)33-28(40)32-21(17(3)4)22(35)18-13-14-18;1-3-2;1-2/h9,17-21,24H,2,8,10-16H2,1,3-7H3,(H,30,38)(H,31,37)(H2,32,33,40);3H2,1-2H3;1-2H3/t19?,20-,21?,24?;;/m0../s1. The third-order valence-electron chi connectivity index (χ3n) is 7.31. The van der Waals surface area contributed by atoms with Crippen LogP contribution in [-0.4, -0.2) is 77.5 Å². The van der Waals surface area contributed by atoms with E-state index >= 15 is 0 Å². The molecule has 0 bridgehead atoms. The zero-order valence-electron chi connectivity index (χ0n) is 29.5. The Labute approximate surface area is 271 Å². The summed E-state index contributed by atoms with van der Waals surface area (Å²) in [4.78, 5) is 79.1. The molecule has 11 heteroatoms. The monoisotopic (exact) mass is 635 g/mol. The first-order valence-electron chi connectivity index (χ1n) is 16.8. The largest absolute Gasteiger partial charge is 0.346 e. The molecule has 4 atom stereocenters. The molecule has 2 aliphatic rings. The fourth-order valence-corrected chi connectivity index (χ4v) is 4.86. The quantitative estimate of drug-likeness (QED) is 0.165. The van der Waals surface area contributed by atoms with E-state index in [1.807, 2.05) is 55.4 Å². The van der Waals surface area contributed by atoms with Gasteiger partial charge in [-0.25, -0.2) is 4.79 Å². The predicted octanol–water partition coefficient (Wildman–Crippen LogP) is 4.29. The van der Waals surface area contributed by atoms with Crippen molar-refractivity contribution in [2.75, 3.05) is 13.1 Å². The summed E-state index contributed by atoms with van der Waals surface area (Å²) in [6, 6.07) is -4.09. The second-order valence-corrected chi connectivity index (χ2v) is 12.9. The van der Waals surface area contributed by atoms with Gasteiger partial charge in [-0.2, -0.15) is 0 Å². The molecule has 1 aliphatic heterocycles. The first-order chi connectivity index (χ1) is 21.1. The second kappa shape index (κ2) is 20.7. The molecule has 11 nitrogen and oxygen atoms in total. The van der Waals surface area contributed by atoms with Gasteiger partial charge in [0, 0.05) is 19.0 Å². The summed E-state index contributed by atoms with van der Waals surface area (Å²) in [6.45, 7) is 23.2. The molecule has 0 radical (unpaired) electrons. The highest BCUT2D eigenvalue weighted by Gasteiger charge is 2.43. The maximum atomic E-state index is 13.8. The van der Waals surface area contributed by atoms with Crippen molar-refractivity contribution in [2.24, 2.45) is 17.3 Å². The zero-order chi connectivity index (χ0) is 34.9. The summed E-state index contributed by atoms with van der Waals surface area (Å²) in [7, 11) is 0. The second-order valence-electron chi connectivity index (χ2n) is 12.9. The first-order valence-corrected chi connectivity index (χ1v) is 16.8. The van der Waals surface area contributed by atoms with E-state index in [1.54, 1.807) is 0 Å². The smallest absolute Gasteiger partial charge is 0.316 e. The van der Waals surface area contributed by atoms with Crippen LogP contribution in [-0.2, 0) is 24.0 Å². The van der Waals surface area contributed by atoms with Gasteiger partial charge in [0.15, 0.2) is 5.78 Å². The van der Waals surface area contributed by atoms with Crippen molar-refractivity contribution in [3.05, 3.63) is 12.7 Å². The van der Waals surface area contributed by atoms with Gasteiger partial charge in [-0.1, -0.05) is 88.2 Å². The molecule has 0 aromatic rings. The molecule has 5 amide bonds. The maximum absolute atomic E-state index is 13.8. The minimum atomic E-state index is -1.01. The minimum Gasteiger partial charge on any atom is -0.346 e. The highest BCUT2D eigenvalue weighted by molar-refractivity contribution is 6.38. The molecule has 1 saturated carbocycles. The fourth-order valence-electron chi connectivity index (χ4n) is 4.86. The number of Topliss-reactive ketones (excluding diaryl/α,β-unsaturated/α-hetero) is 2. The molecule has 4 N–H and O–H groups in total. The summed E-state index contributed by atoms with van der Waals surface area (Å²) in [5.41, 5.74) is -0.699. The first kappa shape index (κ1) is 41.8. The van der Waals surface area contributed by atoms with Crippen LogP contribution in [0.25, 0.3) is 0 Å². The average Bonchev–Trinajstić information content (AvgIpc) is 3.72. The lowest BCUT2D eigenvalue weighted by atomic mass is 9.85. The molecule has 0 aromatic carbocycles.